The summed E-state index contributed by atoms with van der Waals surface area (Å²) in [4.78, 5) is 17.5. The van der Waals surface area contributed by atoms with Gasteiger partial charge in [0, 0.05) is 62.1 Å². The quantitative estimate of drug-likeness (QED) is 0.567. The van der Waals surface area contributed by atoms with Crippen LogP contribution in [0.4, 0.5) is 5.82 Å². The molecule has 1 aromatic heterocycles. The molecule has 2 fully saturated rings. The number of nitrogens with one attached hydrogen (secondary N) is 1. The summed E-state index contributed by atoms with van der Waals surface area (Å²) in [6.07, 6.45) is 0. The minimum Gasteiger partial charge on any atom is -0.454 e. The molecule has 33 heavy (non-hydrogen) atoms. The van der Waals surface area contributed by atoms with Gasteiger partial charge in [0.05, 0.1) is 4.70 Å². The highest BCUT2D eigenvalue weighted by atomic mass is 32.1. The van der Waals surface area contributed by atoms with Crippen molar-refractivity contribution < 1.29 is 14.3 Å². The van der Waals surface area contributed by atoms with Crippen molar-refractivity contribution >= 4 is 33.3 Å². The first-order valence-electron chi connectivity index (χ1n) is 11.4. The topological polar surface area (TPSA) is 66.9 Å². The third-order valence-corrected chi connectivity index (χ3v) is 7.75. The minimum atomic E-state index is -0.0872. The van der Waals surface area contributed by atoms with E-state index < -0.39 is 0 Å². The van der Waals surface area contributed by atoms with Crippen molar-refractivity contribution in [1.29, 1.82) is 0 Å². The van der Waals surface area contributed by atoms with Crippen LogP contribution >= 0.6 is 11.5 Å². The summed E-state index contributed by atoms with van der Waals surface area (Å²) in [6, 6.07) is 13.7. The molecule has 0 unspecified atom stereocenters. The van der Waals surface area contributed by atoms with Crippen LogP contribution in [0.3, 0.4) is 0 Å². The molecule has 2 aromatic carbocycles. The van der Waals surface area contributed by atoms with E-state index in [1.807, 2.05) is 0 Å². The van der Waals surface area contributed by atoms with Gasteiger partial charge in [0.25, 0.3) is 5.91 Å². The average molecular weight is 463 g/mol. The molecule has 0 spiro atoms. The lowest BCUT2D eigenvalue weighted by atomic mass is 10.2. The fourth-order valence-corrected chi connectivity index (χ4v) is 5.62. The number of carbonyl (C=O) groups is 1. The van der Waals surface area contributed by atoms with E-state index in [1.54, 1.807) is 29.7 Å². The SMILES string of the molecule is C=C1[C@H](CNC(=O)c2ccc3c(c2)OCO3)[C@H]1CN1CCN(c2nsc3ccccc23)CC1. The van der Waals surface area contributed by atoms with Crippen LogP contribution in [0, 0.1) is 11.8 Å². The van der Waals surface area contributed by atoms with Gasteiger partial charge in [-0.15, -0.1) is 0 Å². The summed E-state index contributed by atoms with van der Waals surface area (Å²) >= 11 is 1.58. The molecule has 0 bridgehead atoms. The molecule has 1 saturated heterocycles. The predicted molar refractivity (Wildman–Crippen MR) is 129 cm³/mol. The van der Waals surface area contributed by atoms with Crippen molar-refractivity contribution in [3.8, 4) is 11.5 Å². The number of hydrogen-bond donors (Lipinski definition) is 1. The standard InChI is InChI=1S/C25H26N4O3S/c1-16-19(13-26-25(30)17-6-7-21-22(12-17)32-15-31-21)20(16)14-28-8-10-29(11-9-28)24-18-4-2-3-5-23(18)33-27-24/h2-7,12,19-20H,1,8-11,13-15H2,(H,26,30)/t19-,20-/m0/s1. The molecule has 170 valence electrons. The number of ether oxygens (including phenoxy) is 2. The maximum Gasteiger partial charge on any atom is 0.251 e. The normalized spacial score (nSPS) is 22.1. The predicted octanol–water partition coefficient (Wildman–Crippen LogP) is 3.38. The Labute approximate surface area is 196 Å². The number of aromatic nitrogens is 1. The number of hydrogen-bond acceptors (Lipinski definition) is 7. The molecule has 1 saturated carbocycles. The number of piperazine rings is 1. The molecule has 8 heteroatoms. The molecular weight excluding hydrogens is 436 g/mol. The maximum absolute atomic E-state index is 12.6. The largest absolute Gasteiger partial charge is 0.454 e. The molecule has 1 aliphatic carbocycles. The smallest absolute Gasteiger partial charge is 0.251 e. The lowest BCUT2D eigenvalue weighted by Gasteiger charge is -2.35. The van der Waals surface area contributed by atoms with Gasteiger partial charge in [0.1, 0.15) is 5.82 Å². The number of anilines is 1. The molecular formula is C25H26N4O3S. The second-order valence-electron chi connectivity index (χ2n) is 8.86. The Hall–Kier alpha value is -3.10. The molecule has 1 N–H and O–H groups in total. The van der Waals surface area contributed by atoms with Gasteiger partial charge in [-0.1, -0.05) is 24.3 Å². The van der Waals surface area contributed by atoms with Crippen molar-refractivity contribution in [2.75, 3.05) is 51.0 Å². The Kier molecular flexibility index (Phi) is 5.19. The van der Waals surface area contributed by atoms with Gasteiger partial charge in [0.15, 0.2) is 11.5 Å². The summed E-state index contributed by atoms with van der Waals surface area (Å²) in [5.41, 5.74) is 1.83. The van der Waals surface area contributed by atoms with Crippen LogP contribution in [0.2, 0.25) is 0 Å². The number of benzene rings is 2. The van der Waals surface area contributed by atoms with Crippen LogP contribution in [0.25, 0.3) is 10.1 Å². The minimum absolute atomic E-state index is 0.0872. The zero-order chi connectivity index (χ0) is 22.4. The van der Waals surface area contributed by atoms with E-state index in [4.69, 9.17) is 13.8 Å². The van der Waals surface area contributed by atoms with Crippen molar-refractivity contribution in [2.24, 2.45) is 11.8 Å². The Morgan fingerprint density at radius 3 is 2.79 bits per heavy atom. The van der Waals surface area contributed by atoms with Crippen LogP contribution in [-0.4, -0.2) is 61.2 Å². The number of carbonyl (C=O) groups excluding carboxylic acids is 1. The highest BCUT2D eigenvalue weighted by Crippen LogP contribution is 2.44. The highest BCUT2D eigenvalue weighted by molar-refractivity contribution is 7.13. The third-order valence-electron chi connectivity index (χ3n) is 6.93. The Morgan fingerprint density at radius 2 is 1.91 bits per heavy atom. The van der Waals surface area contributed by atoms with Crippen molar-refractivity contribution in [3.63, 3.8) is 0 Å². The average Bonchev–Trinajstić information content (AvgIpc) is 3.21. The Morgan fingerprint density at radius 1 is 1.09 bits per heavy atom. The summed E-state index contributed by atoms with van der Waals surface area (Å²) in [7, 11) is 0. The fraction of sp³-hybridized carbons (Fsp3) is 0.360. The van der Waals surface area contributed by atoms with E-state index in [0.29, 0.717) is 35.4 Å². The molecule has 7 nitrogen and oxygen atoms in total. The monoisotopic (exact) mass is 462 g/mol. The summed E-state index contributed by atoms with van der Waals surface area (Å²) in [6.45, 7) is 10.1. The maximum atomic E-state index is 12.6. The molecule has 3 heterocycles. The number of rotatable bonds is 6. The molecule has 6 rings (SSSR count). The summed E-state index contributed by atoms with van der Waals surface area (Å²) < 4.78 is 16.6. The lowest BCUT2D eigenvalue weighted by Crippen LogP contribution is -2.47. The third kappa shape index (κ3) is 3.94. The van der Waals surface area contributed by atoms with Gasteiger partial charge < -0.3 is 19.7 Å². The van der Waals surface area contributed by atoms with Gasteiger partial charge in [-0.25, -0.2) is 0 Å². The molecule has 3 aliphatic rings. The van der Waals surface area contributed by atoms with E-state index in [0.717, 1.165) is 38.5 Å². The second-order valence-corrected chi connectivity index (χ2v) is 9.66. The first-order valence-corrected chi connectivity index (χ1v) is 12.1. The summed E-state index contributed by atoms with van der Waals surface area (Å²) in [5, 5.41) is 4.32. The van der Waals surface area contributed by atoms with Crippen LogP contribution in [0.1, 0.15) is 10.4 Å². The van der Waals surface area contributed by atoms with Gasteiger partial charge in [-0.3, -0.25) is 9.69 Å². The highest BCUT2D eigenvalue weighted by Gasteiger charge is 2.43. The van der Waals surface area contributed by atoms with Gasteiger partial charge in [0.2, 0.25) is 6.79 Å². The fourth-order valence-electron chi connectivity index (χ4n) is 4.83. The first kappa shape index (κ1) is 20.5. The zero-order valence-electron chi connectivity index (χ0n) is 18.3. The van der Waals surface area contributed by atoms with E-state index in [-0.39, 0.29) is 12.7 Å². The van der Waals surface area contributed by atoms with Crippen LogP contribution in [0.5, 0.6) is 11.5 Å². The van der Waals surface area contributed by atoms with Crippen LogP contribution < -0.4 is 19.7 Å². The number of amides is 1. The summed E-state index contributed by atoms with van der Waals surface area (Å²) in [5.74, 6) is 3.15. The molecule has 3 aromatic rings. The molecule has 2 aliphatic heterocycles. The van der Waals surface area contributed by atoms with Crippen LogP contribution in [0.15, 0.2) is 54.6 Å². The van der Waals surface area contributed by atoms with E-state index in [2.05, 4.69) is 46.0 Å². The Balaban J connectivity index is 0.988. The van der Waals surface area contributed by atoms with Crippen LogP contribution in [-0.2, 0) is 0 Å². The Bertz CT molecular complexity index is 1220. The zero-order valence-corrected chi connectivity index (χ0v) is 19.1. The van der Waals surface area contributed by atoms with Gasteiger partial charge in [-0.05, 0) is 41.9 Å². The first-order chi connectivity index (χ1) is 16.2. The molecule has 0 radical (unpaired) electrons. The second kappa shape index (κ2) is 8.35. The van der Waals surface area contributed by atoms with E-state index in [9.17, 15) is 4.79 Å². The molecule has 1 amide bonds. The van der Waals surface area contributed by atoms with Crippen molar-refractivity contribution in [1.82, 2.24) is 14.6 Å². The van der Waals surface area contributed by atoms with Gasteiger partial charge in [-0.2, -0.15) is 4.37 Å². The van der Waals surface area contributed by atoms with Crippen molar-refractivity contribution in [3.05, 3.63) is 60.2 Å². The number of nitrogens with zero attached hydrogens (tertiary/aromatic N) is 3. The number of fused-ring (bicyclic) bond motifs is 2. The van der Waals surface area contributed by atoms with Crippen molar-refractivity contribution in [2.45, 2.75) is 0 Å². The van der Waals surface area contributed by atoms with E-state index in [1.165, 1.54) is 15.7 Å². The van der Waals surface area contributed by atoms with E-state index >= 15 is 0 Å². The molecule has 2 atom stereocenters. The van der Waals surface area contributed by atoms with Gasteiger partial charge >= 0.3 is 0 Å². The lowest BCUT2D eigenvalue weighted by molar-refractivity contribution is 0.0950.